The zero-order valence-electron chi connectivity index (χ0n) is 14.4. The minimum absolute atomic E-state index is 0.0975. The second-order valence-electron chi connectivity index (χ2n) is 6.40. The number of anilines is 1. The lowest BCUT2D eigenvalue weighted by Crippen LogP contribution is -2.50. The number of nitrogens with one attached hydrogen (secondary N) is 1. The van der Waals surface area contributed by atoms with Crippen molar-refractivity contribution in [2.75, 3.05) is 57.9 Å². The third kappa shape index (κ3) is 4.61. The van der Waals surface area contributed by atoms with Gasteiger partial charge in [-0.3, -0.25) is 9.69 Å². The van der Waals surface area contributed by atoms with Gasteiger partial charge >= 0.3 is 0 Å². The Kier molecular flexibility index (Phi) is 5.93. The lowest BCUT2D eigenvalue weighted by atomic mass is 10.2. The van der Waals surface area contributed by atoms with Gasteiger partial charge in [-0.05, 0) is 25.0 Å². The van der Waals surface area contributed by atoms with Crippen molar-refractivity contribution in [2.24, 2.45) is 0 Å². The molecule has 1 aromatic rings. The van der Waals surface area contributed by atoms with Crippen molar-refractivity contribution in [2.45, 2.75) is 18.9 Å². The monoisotopic (exact) mass is 333 g/mol. The van der Waals surface area contributed by atoms with Crippen LogP contribution >= 0.6 is 0 Å². The molecule has 1 atom stereocenters. The van der Waals surface area contributed by atoms with E-state index in [9.17, 15) is 4.79 Å². The van der Waals surface area contributed by atoms with Crippen molar-refractivity contribution in [3.8, 4) is 5.75 Å². The lowest BCUT2D eigenvalue weighted by Gasteiger charge is -2.35. The minimum atomic E-state index is 0.0975. The average molecular weight is 333 g/mol. The van der Waals surface area contributed by atoms with E-state index in [0.29, 0.717) is 13.1 Å². The van der Waals surface area contributed by atoms with Crippen LogP contribution < -0.4 is 15.0 Å². The van der Waals surface area contributed by atoms with Crippen LogP contribution in [0, 0.1) is 0 Å². The van der Waals surface area contributed by atoms with Crippen LogP contribution in [0.25, 0.3) is 0 Å². The first-order valence-electron chi connectivity index (χ1n) is 8.74. The zero-order chi connectivity index (χ0) is 16.8. The van der Waals surface area contributed by atoms with Gasteiger partial charge in [0.15, 0.2) is 0 Å². The number of rotatable bonds is 6. The molecule has 0 aliphatic carbocycles. The summed E-state index contributed by atoms with van der Waals surface area (Å²) in [7, 11) is 1.69. The van der Waals surface area contributed by atoms with Crippen molar-refractivity contribution >= 4 is 11.6 Å². The first-order chi connectivity index (χ1) is 11.7. The molecule has 0 saturated carbocycles. The molecule has 2 saturated heterocycles. The van der Waals surface area contributed by atoms with Crippen LogP contribution in [-0.4, -0.2) is 69.9 Å². The lowest BCUT2D eigenvalue weighted by molar-refractivity contribution is -0.122. The summed E-state index contributed by atoms with van der Waals surface area (Å²) in [6.45, 7) is 5.57. The van der Waals surface area contributed by atoms with Crippen molar-refractivity contribution in [3.05, 3.63) is 24.3 Å². The summed E-state index contributed by atoms with van der Waals surface area (Å²) in [4.78, 5) is 16.6. The van der Waals surface area contributed by atoms with Gasteiger partial charge < -0.3 is 19.7 Å². The largest absolute Gasteiger partial charge is 0.497 e. The van der Waals surface area contributed by atoms with Crippen LogP contribution in [0.5, 0.6) is 5.75 Å². The predicted molar refractivity (Wildman–Crippen MR) is 93.6 cm³/mol. The third-order valence-electron chi connectivity index (χ3n) is 4.71. The summed E-state index contributed by atoms with van der Waals surface area (Å²) in [6, 6.07) is 8.13. The van der Waals surface area contributed by atoms with E-state index in [1.54, 1.807) is 7.11 Å². The van der Waals surface area contributed by atoms with Crippen LogP contribution in [0.3, 0.4) is 0 Å². The van der Waals surface area contributed by atoms with Gasteiger partial charge in [-0.2, -0.15) is 0 Å². The van der Waals surface area contributed by atoms with E-state index in [2.05, 4.69) is 27.2 Å². The molecule has 6 nitrogen and oxygen atoms in total. The Balaban J connectivity index is 1.40. The number of piperazine rings is 1. The van der Waals surface area contributed by atoms with Gasteiger partial charge in [0.25, 0.3) is 0 Å². The van der Waals surface area contributed by atoms with Gasteiger partial charge in [-0.1, -0.05) is 6.07 Å². The maximum atomic E-state index is 12.1. The molecule has 3 rings (SSSR count). The van der Waals surface area contributed by atoms with E-state index in [0.717, 1.165) is 51.4 Å². The Bertz CT molecular complexity index is 538. The standard InChI is InChI=1S/C18H27N3O3/c1-23-16-5-2-4-15(12-16)21-9-7-20(8-10-21)14-18(22)19-13-17-6-3-11-24-17/h2,4-5,12,17H,3,6-11,13-14H2,1H3,(H,19,22)/t17-/m1/s1. The van der Waals surface area contributed by atoms with Gasteiger partial charge in [0.2, 0.25) is 5.91 Å². The Hall–Kier alpha value is -1.79. The second-order valence-corrected chi connectivity index (χ2v) is 6.40. The van der Waals surface area contributed by atoms with Crippen LogP contribution in [0.1, 0.15) is 12.8 Å². The SMILES string of the molecule is COc1cccc(N2CCN(CC(=O)NC[C@H]3CCCO3)CC2)c1. The summed E-state index contributed by atoms with van der Waals surface area (Å²) < 4.78 is 10.8. The molecule has 0 spiro atoms. The number of carbonyl (C=O) groups excluding carboxylic acids is 1. The number of methoxy groups -OCH3 is 1. The Morgan fingerprint density at radius 2 is 2.17 bits per heavy atom. The molecule has 2 heterocycles. The zero-order valence-corrected chi connectivity index (χ0v) is 14.4. The number of amides is 1. The highest BCUT2D eigenvalue weighted by molar-refractivity contribution is 5.78. The highest BCUT2D eigenvalue weighted by Crippen LogP contribution is 2.22. The minimum Gasteiger partial charge on any atom is -0.497 e. The molecule has 2 aliphatic rings. The maximum absolute atomic E-state index is 12.1. The summed E-state index contributed by atoms with van der Waals surface area (Å²) in [5, 5.41) is 2.99. The van der Waals surface area contributed by atoms with Crippen LogP contribution in [0.2, 0.25) is 0 Å². The van der Waals surface area contributed by atoms with Crippen LogP contribution in [-0.2, 0) is 9.53 Å². The molecule has 2 fully saturated rings. The number of nitrogens with zero attached hydrogens (tertiary/aromatic N) is 2. The smallest absolute Gasteiger partial charge is 0.234 e. The quantitative estimate of drug-likeness (QED) is 0.845. The van der Waals surface area contributed by atoms with E-state index in [-0.39, 0.29) is 12.0 Å². The maximum Gasteiger partial charge on any atom is 0.234 e. The summed E-state index contributed by atoms with van der Waals surface area (Å²) in [5.41, 5.74) is 1.18. The number of benzene rings is 1. The van der Waals surface area contributed by atoms with Gasteiger partial charge in [-0.15, -0.1) is 0 Å². The summed E-state index contributed by atoms with van der Waals surface area (Å²) >= 11 is 0. The fraction of sp³-hybridized carbons (Fsp3) is 0.611. The molecule has 0 aromatic heterocycles. The van der Waals surface area contributed by atoms with Crippen molar-refractivity contribution in [3.63, 3.8) is 0 Å². The van der Waals surface area contributed by atoms with E-state index in [1.807, 2.05) is 12.1 Å². The molecule has 1 aromatic carbocycles. The van der Waals surface area contributed by atoms with E-state index in [1.165, 1.54) is 5.69 Å². The molecular formula is C18H27N3O3. The second kappa shape index (κ2) is 8.35. The fourth-order valence-electron chi connectivity index (χ4n) is 3.26. The fourth-order valence-corrected chi connectivity index (χ4v) is 3.26. The molecular weight excluding hydrogens is 306 g/mol. The van der Waals surface area contributed by atoms with Crippen molar-refractivity contribution < 1.29 is 14.3 Å². The molecule has 0 bridgehead atoms. The summed E-state index contributed by atoms with van der Waals surface area (Å²) in [5.74, 6) is 0.976. The molecule has 24 heavy (non-hydrogen) atoms. The highest BCUT2D eigenvalue weighted by Gasteiger charge is 2.21. The number of ether oxygens (including phenoxy) is 2. The summed E-state index contributed by atoms with van der Waals surface area (Å²) in [6.07, 6.45) is 2.37. The molecule has 0 unspecified atom stereocenters. The Morgan fingerprint density at radius 3 is 2.88 bits per heavy atom. The number of hydrogen-bond acceptors (Lipinski definition) is 5. The first kappa shape index (κ1) is 17.0. The Labute approximate surface area is 143 Å². The number of carbonyl (C=O) groups is 1. The van der Waals surface area contributed by atoms with Crippen molar-refractivity contribution in [1.29, 1.82) is 0 Å². The normalized spacial score (nSPS) is 21.7. The number of hydrogen-bond donors (Lipinski definition) is 1. The first-order valence-corrected chi connectivity index (χ1v) is 8.74. The van der Waals surface area contributed by atoms with Crippen molar-refractivity contribution in [1.82, 2.24) is 10.2 Å². The van der Waals surface area contributed by atoms with Crippen LogP contribution in [0.15, 0.2) is 24.3 Å². The van der Waals surface area contributed by atoms with Gasteiger partial charge in [0.05, 0.1) is 19.8 Å². The molecule has 132 valence electrons. The van der Waals surface area contributed by atoms with Gasteiger partial charge in [0.1, 0.15) is 5.75 Å². The molecule has 2 aliphatic heterocycles. The average Bonchev–Trinajstić information content (AvgIpc) is 3.14. The molecule has 1 amide bonds. The van der Waals surface area contributed by atoms with Crippen LogP contribution in [0.4, 0.5) is 5.69 Å². The predicted octanol–water partition coefficient (Wildman–Crippen LogP) is 1.11. The topological polar surface area (TPSA) is 54.0 Å². The van der Waals surface area contributed by atoms with E-state index in [4.69, 9.17) is 9.47 Å². The molecule has 6 heteroatoms. The molecule has 1 N–H and O–H groups in total. The van der Waals surface area contributed by atoms with E-state index >= 15 is 0 Å². The highest BCUT2D eigenvalue weighted by atomic mass is 16.5. The van der Waals surface area contributed by atoms with Gasteiger partial charge in [0, 0.05) is 51.1 Å². The molecule has 0 radical (unpaired) electrons. The van der Waals surface area contributed by atoms with E-state index < -0.39 is 0 Å². The Morgan fingerprint density at radius 1 is 1.33 bits per heavy atom. The third-order valence-corrected chi connectivity index (χ3v) is 4.71. The van der Waals surface area contributed by atoms with Gasteiger partial charge in [-0.25, -0.2) is 0 Å².